The molecule has 3 nitrogen and oxygen atoms in total. The molecule has 1 unspecified atom stereocenters. The fourth-order valence-corrected chi connectivity index (χ4v) is 2.24. The van der Waals surface area contributed by atoms with Crippen LogP contribution in [0.4, 0.5) is 0 Å². The summed E-state index contributed by atoms with van der Waals surface area (Å²) in [5, 5.41) is 1.10. The Bertz CT molecular complexity index is 531. The summed E-state index contributed by atoms with van der Waals surface area (Å²) in [6.45, 7) is 0. The molecule has 1 heterocycles. The van der Waals surface area contributed by atoms with Crippen LogP contribution in [-0.4, -0.2) is 4.98 Å². The van der Waals surface area contributed by atoms with Gasteiger partial charge in [-0.1, -0.05) is 29.3 Å². The van der Waals surface area contributed by atoms with Gasteiger partial charge in [-0.3, -0.25) is 16.3 Å². The Labute approximate surface area is 122 Å². The van der Waals surface area contributed by atoms with Crippen LogP contribution in [0.3, 0.4) is 0 Å². The summed E-state index contributed by atoms with van der Waals surface area (Å²) >= 11 is 11.9. The Balaban J connectivity index is 2.05. The van der Waals surface area contributed by atoms with Crippen LogP contribution in [0.1, 0.15) is 23.6 Å². The number of aromatic nitrogens is 1. The fraction of sp³-hybridized carbons (Fsp3) is 0.214. The van der Waals surface area contributed by atoms with E-state index in [0.717, 1.165) is 18.4 Å². The molecule has 0 bridgehead atoms. The minimum absolute atomic E-state index is 0.0444. The van der Waals surface area contributed by atoms with E-state index in [0.29, 0.717) is 10.0 Å². The molecule has 0 saturated heterocycles. The lowest BCUT2D eigenvalue weighted by Gasteiger charge is -2.17. The molecule has 0 fully saturated rings. The number of aryl methyl sites for hydroxylation is 1. The van der Waals surface area contributed by atoms with E-state index >= 15 is 0 Å². The Kier molecular flexibility index (Phi) is 5.16. The lowest BCUT2D eigenvalue weighted by atomic mass is 10.00. The van der Waals surface area contributed by atoms with Gasteiger partial charge in [0.05, 0.1) is 10.0 Å². The van der Waals surface area contributed by atoms with E-state index in [-0.39, 0.29) is 6.04 Å². The van der Waals surface area contributed by atoms with Crippen molar-refractivity contribution >= 4 is 23.2 Å². The van der Waals surface area contributed by atoms with Crippen LogP contribution in [0.5, 0.6) is 0 Å². The van der Waals surface area contributed by atoms with E-state index in [9.17, 15) is 0 Å². The monoisotopic (exact) mass is 295 g/mol. The van der Waals surface area contributed by atoms with E-state index in [4.69, 9.17) is 29.0 Å². The second-order valence-electron chi connectivity index (χ2n) is 4.29. The molecule has 0 spiro atoms. The number of hydrogen-bond acceptors (Lipinski definition) is 3. The van der Waals surface area contributed by atoms with Gasteiger partial charge >= 0.3 is 0 Å². The van der Waals surface area contributed by atoms with Gasteiger partial charge < -0.3 is 0 Å². The van der Waals surface area contributed by atoms with Gasteiger partial charge in [-0.25, -0.2) is 0 Å². The highest BCUT2D eigenvalue weighted by Crippen LogP contribution is 2.27. The van der Waals surface area contributed by atoms with Gasteiger partial charge in [-0.2, -0.15) is 0 Å². The molecule has 0 radical (unpaired) electrons. The summed E-state index contributed by atoms with van der Waals surface area (Å²) in [4.78, 5) is 4.00. The average Bonchev–Trinajstić information content (AvgIpc) is 2.44. The van der Waals surface area contributed by atoms with E-state index in [1.807, 2.05) is 24.3 Å². The maximum atomic E-state index is 6.02. The largest absolute Gasteiger partial charge is 0.271 e. The van der Waals surface area contributed by atoms with Gasteiger partial charge in [0.25, 0.3) is 0 Å². The highest BCUT2D eigenvalue weighted by molar-refractivity contribution is 6.42. The van der Waals surface area contributed by atoms with Crippen molar-refractivity contribution in [3.63, 3.8) is 0 Å². The van der Waals surface area contributed by atoms with Crippen LogP contribution in [0.2, 0.25) is 10.0 Å². The lowest BCUT2D eigenvalue weighted by Crippen LogP contribution is -2.28. The normalized spacial score (nSPS) is 12.4. The van der Waals surface area contributed by atoms with Crippen LogP contribution >= 0.6 is 23.2 Å². The number of halogens is 2. The lowest BCUT2D eigenvalue weighted by molar-refractivity contribution is 0.516. The zero-order valence-electron chi connectivity index (χ0n) is 10.3. The van der Waals surface area contributed by atoms with E-state index < -0.39 is 0 Å². The number of benzene rings is 1. The molecule has 2 aromatic rings. The molecule has 0 aliphatic rings. The topological polar surface area (TPSA) is 50.9 Å². The molecule has 0 saturated carbocycles. The van der Waals surface area contributed by atoms with Gasteiger partial charge in [-0.15, -0.1) is 0 Å². The second-order valence-corrected chi connectivity index (χ2v) is 5.10. The van der Waals surface area contributed by atoms with Crippen molar-refractivity contribution in [2.75, 3.05) is 0 Å². The summed E-state index contributed by atoms with van der Waals surface area (Å²) in [5.41, 5.74) is 5.08. The Hall–Kier alpha value is -1.13. The zero-order valence-corrected chi connectivity index (χ0v) is 11.8. The molecule has 5 heteroatoms. The minimum atomic E-state index is 0.0444. The van der Waals surface area contributed by atoms with Gasteiger partial charge in [0.1, 0.15) is 0 Å². The molecule has 1 aromatic carbocycles. The first-order valence-corrected chi connectivity index (χ1v) is 6.76. The molecule has 0 aliphatic carbocycles. The number of hydrazine groups is 1. The number of rotatable bonds is 5. The predicted molar refractivity (Wildman–Crippen MR) is 79.1 cm³/mol. The number of nitrogens with zero attached hydrogens (tertiary/aromatic N) is 1. The maximum Gasteiger partial charge on any atom is 0.0595 e. The van der Waals surface area contributed by atoms with Crippen molar-refractivity contribution < 1.29 is 0 Å². The molecule has 1 atom stereocenters. The standard InChI is InChI=1S/C14H15Cl2N3/c15-12-3-2-11(9-13(12)16)14(19-17)4-1-10-5-7-18-8-6-10/h2-3,5-9,14,19H,1,4,17H2. The SMILES string of the molecule is NNC(CCc1ccncc1)c1ccc(Cl)c(Cl)c1. The molecule has 3 N–H and O–H groups in total. The van der Waals surface area contributed by atoms with Crippen molar-refractivity contribution in [1.82, 2.24) is 10.4 Å². The van der Waals surface area contributed by atoms with Gasteiger partial charge in [0.15, 0.2) is 0 Å². The van der Waals surface area contributed by atoms with Crippen LogP contribution in [0.25, 0.3) is 0 Å². The molecular formula is C14H15Cl2N3. The fourth-order valence-electron chi connectivity index (χ4n) is 1.94. The van der Waals surface area contributed by atoms with Crippen molar-refractivity contribution in [1.29, 1.82) is 0 Å². The third-order valence-corrected chi connectivity index (χ3v) is 3.76. The Morgan fingerprint density at radius 3 is 2.47 bits per heavy atom. The first-order valence-electron chi connectivity index (χ1n) is 6.00. The Morgan fingerprint density at radius 1 is 1.11 bits per heavy atom. The van der Waals surface area contributed by atoms with E-state index in [1.165, 1.54) is 5.56 Å². The summed E-state index contributed by atoms with van der Waals surface area (Å²) in [6.07, 6.45) is 5.37. The minimum Gasteiger partial charge on any atom is -0.271 e. The average molecular weight is 296 g/mol. The smallest absolute Gasteiger partial charge is 0.0595 e. The van der Waals surface area contributed by atoms with E-state index in [2.05, 4.69) is 10.4 Å². The van der Waals surface area contributed by atoms with E-state index in [1.54, 1.807) is 18.5 Å². The summed E-state index contributed by atoms with van der Waals surface area (Å²) < 4.78 is 0. The maximum absolute atomic E-state index is 6.02. The number of nitrogens with one attached hydrogen (secondary N) is 1. The third-order valence-electron chi connectivity index (χ3n) is 3.02. The van der Waals surface area contributed by atoms with Gasteiger partial charge in [0, 0.05) is 18.4 Å². The second kappa shape index (κ2) is 6.87. The third kappa shape index (κ3) is 3.91. The van der Waals surface area contributed by atoms with Crippen LogP contribution in [0.15, 0.2) is 42.7 Å². The quantitative estimate of drug-likeness (QED) is 0.655. The predicted octanol–water partition coefficient (Wildman–Crippen LogP) is 3.53. The number of hydrogen-bond donors (Lipinski definition) is 2. The molecule has 0 aliphatic heterocycles. The molecule has 0 amide bonds. The highest BCUT2D eigenvalue weighted by Gasteiger charge is 2.11. The number of pyridine rings is 1. The van der Waals surface area contributed by atoms with Gasteiger partial charge in [-0.05, 0) is 48.2 Å². The molecular weight excluding hydrogens is 281 g/mol. The van der Waals surface area contributed by atoms with Gasteiger partial charge in [0.2, 0.25) is 0 Å². The van der Waals surface area contributed by atoms with Crippen LogP contribution in [-0.2, 0) is 6.42 Å². The number of nitrogens with two attached hydrogens (primary N) is 1. The molecule has 100 valence electrons. The summed E-state index contributed by atoms with van der Waals surface area (Å²) in [6, 6.07) is 9.62. The summed E-state index contributed by atoms with van der Waals surface area (Å²) in [5.74, 6) is 5.62. The van der Waals surface area contributed by atoms with Crippen molar-refractivity contribution in [2.45, 2.75) is 18.9 Å². The van der Waals surface area contributed by atoms with Crippen molar-refractivity contribution in [3.8, 4) is 0 Å². The molecule has 1 aromatic heterocycles. The van der Waals surface area contributed by atoms with Crippen LogP contribution in [0, 0.1) is 0 Å². The highest BCUT2D eigenvalue weighted by atomic mass is 35.5. The van der Waals surface area contributed by atoms with Crippen LogP contribution < -0.4 is 11.3 Å². The Morgan fingerprint density at radius 2 is 1.84 bits per heavy atom. The van der Waals surface area contributed by atoms with Crippen molar-refractivity contribution in [2.24, 2.45) is 5.84 Å². The first kappa shape index (κ1) is 14.3. The first-order chi connectivity index (χ1) is 9.20. The molecule has 2 rings (SSSR count). The zero-order chi connectivity index (χ0) is 13.7. The van der Waals surface area contributed by atoms with Crippen molar-refractivity contribution in [3.05, 3.63) is 63.9 Å². The molecule has 19 heavy (non-hydrogen) atoms. The summed E-state index contributed by atoms with van der Waals surface area (Å²) in [7, 11) is 0.